The molecule has 4 nitrogen and oxygen atoms in total. The number of amides is 1. The molecule has 21 heavy (non-hydrogen) atoms. The zero-order valence-electron chi connectivity index (χ0n) is 12.3. The van der Waals surface area contributed by atoms with Crippen molar-refractivity contribution in [2.75, 3.05) is 13.2 Å². The molecule has 2 fully saturated rings. The number of likely N-dealkylation sites (tertiary alicyclic amines) is 1. The fourth-order valence-corrected chi connectivity index (χ4v) is 3.54. The number of carbonyl (C=O) groups is 2. The van der Waals surface area contributed by atoms with Crippen LogP contribution in [0.15, 0.2) is 12.3 Å². The molecule has 0 unspecified atom stereocenters. The van der Waals surface area contributed by atoms with Crippen LogP contribution < -0.4 is 0 Å². The Bertz CT molecular complexity index is 494. The summed E-state index contributed by atoms with van der Waals surface area (Å²) in [5.74, 6) is 7.86. The van der Waals surface area contributed by atoms with Gasteiger partial charge in [0.2, 0.25) is 5.91 Å². The van der Waals surface area contributed by atoms with Gasteiger partial charge in [-0.3, -0.25) is 9.59 Å². The zero-order valence-corrected chi connectivity index (χ0v) is 12.3. The van der Waals surface area contributed by atoms with Gasteiger partial charge in [-0.1, -0.05) is 6.58 Å². The summed E-state index contributed by atoms with van der Waals surface area (Å²) in [5.41, 5.74) is 0.724. The van der Waals surface area contributed by atoms with Crippen LogP contribution in [0.2, 0.25) is 0 Å². The number of rotatable bonds is 4. The molecule has 0 aromatic carbocycles. The zero-order chi connectivity index (χ0) is 14.8. The topological polar surface area (TPSA) is 46.6 Å². The van der Waals surface area contributed by atoms with Gasteiger partial charge in [0.25, 0.3) is 0 Å². The summed E-state index contributed by atoms with van der Waals surface area (Å²) in [6.45, 7) is 4.32. The van der Waals surface area contributed by atoms with Crippen LogP contribution in [-0.4, -0.2) is 29.9 Å². The van der Waals surface area contributed by atoms with Crippen LogP contribution in [0.1, 0.15) is 38.5 Å². The molecule has 3 aliphatic rings. The van der Waals surface area contributed by atoms with E-state index in [2.05, 4.69) is 18.4 Å². The van der Waals surface area contributed by atoms with Crippen LogP contribution in [0.5, 0.6) is 0 Å². The lowest BCUT2D eigenvalue weighted by atomic mass is 10.1. The van der Waals surface area contributed by atoms with Crippen molar-refractivity contribution in [3.8, 4) is 11.8 Å². The summed E-state index contributed by atoms with van der Waals surface area (Å²) in [6, 6.07) is 0. The van der Waals surface area contributed by atoms with Crippen molar-refractivity contribution in [1.29, 1.82) is 0 Å². The molecule has 3 rings (SSSR count). The van der Waals surface area contributed by atoms with E-state index in [1.54, 1.807) is 0 Å². The lowest BCUT2D eigenvalue weighted by Gasteiger charge is -2.16. The number of carbonyl (C=O) groups excluding carboxylic acids is 2. The van der Waals surface area contributed by atoms with E-state index in [-0.39, 0.29) is 18.4 Å². The predicted octanol–water partition coefficient (Wildman–Crippen LogP) is 2.11. The summed E-state index contributed by atoms with van der Waals surface area (Å²) in [7, 11) is 0. The largest absolute Gasteiger partial charge is 0.464 e. The number of allylic oxidation sites excluding steroid dienone is 1. The molecule has 1 saturated carbocycles. The highest BCUT2D eigenvalue weighted by Crippen LogP contribution is 2.52. The molecule has 0 aromatic rings. The van der Waals surface area contributed by atoms with Crippen LogP contribution in [0.4, 0.5) is 0 Å². The maximum atomic E-state index is 11.9. The maximum Gasteiger partial charge on any atom is 0.326 e. The molecule has 0 aromatic heterocycles. The molecular formula is C17H21NO3. The van der Waals surface area contributed by atoms with Crippen LogP contribution >= 0.6 is 0 Å². The number of hydrogen-bond donors (Lipinski definition) is 0. The quantitative estimate of drug-likeness (QED) is 0.587. The van der Waals surface area contributed by atoms with Crippen LogP contribution in [0.25, 0.3) is 0 Å². The number of nitrogens with zero attached hydrogens (tertiary/aromatic N) is 1. The van der Waals surface area contributed by atoms with Crippen LogP contribution in [0, 0.1) is 29.6 Å². The Morgan fingerprint density at radius 2 is 1.90 bits per heavy atom. The van der Waals surface area contributed by atoms with E-state index in [0.29, 0.717) is 37.2 Å². The second-order valence-corrected chi connectivity index (χ2v) is 6.15. The SMILES string of the molecule is C=C1CCC(=O)N1CC(=O)OC[C@@H]1[C@@H]2CCC#CCC[C@@H]21. The highest BCUT2D eigenvalue weighted by molar-refractivity contribution is 5.85. The highest BCUT2D eigenvalue weighted by Gasteiger charge is 2.49. The van der Waals surface area contributed by atoms with Crippen molar-refractivity contribution in [3.63, 3.8) is 0 Å². The second-order valence-electron chi connectivity index (χ2n) is 6.15. The van der Waals surface area contributed by atoms with Gasteiger partial charge < -0.3 is 9.64 Å². The Balaban J connectivity index is 1.43. The molecule has 1 amide bonds. The average molecular weight is 287 g/mol. The Morgan fingerprint density at radius 3 is 2.48 bits per heavy atom. The van der Waals surface area contributed by atoms with Crippen molar-refractivity contribution in [3.05, 3.63) is 12.3 Å². The number of fused-ring (bicyclic) bond motifs is 1. The predicted molar refractivity (Wildman–Crippen MR) is 77.8 cm³/mol. The van der Waals surface area contributed by atoms with Crippen molar-refractivity contribution >= 4 is 11.9 Å². The van der Waals surface area contributed by atoms with Crippen molar-refractivity contribution in [2.24, 2.45) is 17.8 Å². The van der Waals surface area contributed by atoms with Gasteiger partial charge >= 0.3 is 5.97 Å². The molecule has 0 radical (unpaired) electrons. The summed E-state index contributed by atoms with van der Waals surface area (Å²) >= 11 is 0. The number of esters is 1. The molecule has 112 valence electrons. The smallest absolute Gasteiger partial charge is 0.326 e. The Morgan fingerprint density at radius 1 is 1.24 bits per heavy atom. The molecule has 4 heteroatoms. The first-order valence-electron chi connectivity index (χ1n) is 7.76. The van der Waals surface area contributed by atoms with Gasteiger partial charge in [-0.25, -0.2) is 0 Å². The van der Waals surface area contributed by atoms with Gasteiger partial charge in [0.15, 0.2) is 0 Å². The van der Waals surface area contributed by atoms with Crippen molar-refractivity contribution < 1.29 is 14.3 Å². The Hall–Kier alpha value is -1.76. The molecule has 3 atom stereocenters. The molecule has 2 aliphatic carbocycles. The second kappa shape index (κ2) is 5.93. The van der Waals surface area contributed by atoms with E-state index in [0.717, 1.165) is 31.4 Å². The van der Waals surface area contributed by atoms with Gasteiger partial charge in [-0.2, -0.15) is 0 Å². The fourth-order valence-electron chi connectivity index (χ4n) is 3.54. The van der Waals surface area contributed by atoms with Gasteiger partial charge in [-0.05, 0) is 37.0 Å². The van der Waals surface area contributed by atoms with E-state index >= 15 is 0 Å². The summed E-state index contributed by atoms with van der Waals surface area (Å²) in [5, 5.41) is 0. The first kappa shape index (κ1) is 14.2. The third-order valence-corrected chi connectivity index (χ3v) is 4.87. The van der Waals surface area contributed by atoms with Gasteiger partial charge in [-0.15, -0.1) is 11.8 Å². The van der Waals surface area contributed by atoms with Crippen LogP contribution in [-0.2, 0) is 14.3 Å². The summed E-state index contributed by atoms with van der Waals surface area (Å²) < 4.78 is 5.38. The molecular weight excluding hydrogens is 266 g/mol. The standard InChI is InChI=1S/C17H21NO3/c1-12-8-9-16(19)18(12)10-17(20)21-11-15-13-6-4-2-3-5-7-14(13)15/h13-15H,1,4-11H2/t13-,14+,15-. The molecule has 0 spiro atoms. The molecule has 1 saturated heterocycles. The fraction of sp³-hybridized carbons (Fsp3) is 0.647. The van der Waals surface area contributed by atoms with Gasteiger partial charge in [0.05, 0.1) is 6.61 Å². The Labute approximate surface area is 125 Å². The van der Waals surface area contributed by atoms with E-state index in [1.807, 2.05) is 0 Å². The number of ether oxygens (including phenoxy) is 1. The minimum absolute atomic E-state index is 0.0167. The highest BCUT2D eigenvalue weighted by atomic mass is 16.5. The van der Waals surface area contributed by atoms with Crippen molar-refractivity contribution in [1.82, 2.24) is 4.90 Å². The normalized spacial score (nSPS) is 30.9. The first-order chi connectivity index (χ1) is 10.2. The summed E-state index contributed by atoms with van der Waals surface area (Å²) in [4.78, 5) is 24.9. The first-order valence-corrected chi connectivity index (χ1v) is 7.76. The van der Waals surface area contributed by atoms with Gasteiger partial charge in [0, 0.05) is 25.0 Å². The minimum atomic E-state index is -0.318. The Kier molecular flexibility index (Phi) is 4.01. The minimum Gasteiger partial charge on any atom is -0.464 e. The average Bonchev–Trinajstić information content (AvgIpc) is 2.98. The molecule has 1 aliphatic heterocycles. The van der Waals surface area contributed by atoms with E-state index < -0.39 is 0 Å². The van der Waals surface area contributed by atoms with Crippen LogP contribution in [0.3, 0.4) is 0 Å². The van der Waals surface area contributed by atoms with Gasteiger partial charge in [0.1, 0.15) is 6.54 Å². The van der Waals surface area contributed by atoms with E-state index in [4.69, 9.17) is 4.74 Å². The lowest BCUT2D eigenvalue weighted by Crippen LogP contribution is -2.30. The lowest BCUT2D eigenvalue weighted by molar-refractivity contribution is -0.147. The third kappa shape index (κ3) is 3.12. The van der Waals surface area contributed by atoms with Crippen molar-refractivity contribution in [2.45, 2.75) is 38.5 Å². The maximum absolute atomic E-state index is 11.9. The number of hydrogen-bond acceptors (Lipinski definition) is 3. The monoisotopic (exact) mass is 287 g/mol. The third-order valence-electron chi connectivity index (χ3n) is 4.87. The molecule has 1 heterocycles. The van der Waals surface area contributed by atoms with E-state index in [1.165, 1.54) is 4.90 Å². The summed E-state index contributed by atoms with van der Waals surface area (Å²) in [6.07, 6.45) is 5.29. The molecule has 0 N–H and O–H groups in total. The molecule has 0 bridgehead atoms. The van der Waals surface area contributed by atoms with E-state index in [9.17, 15) is 9.59 Å².